The number of rotatable bonds is 11. The van der Waals surface area contributed by atoms with Crippen LogP contribution >= 0.6 is 0 Å². The van der Waals surface area contributed by atoms with Gasteiger partial charge in [-0.15, -0.1) is 0 Å². The van der Waals surface area contributed by atoms with Crippen LogP contribution in [0.1, 0.15) is 22.3 Å². The van der Waals surface area contributed by atoms with Crippen LogP contribution in [0.3, 0.4) is 0 Å². The minimum absolute atomic E-state index is 0.131. The molecule has 0 amide bonds. The van der Waals surface area contributed by atoms with E-state index in [1.807, 2.05) is 119 Å². The van der Waals surface area contributed by atoms with Gasteiger partial charge in [-0.1, -0.05) is 164 Å². The van der Waals surface area contributed by atoms with E-state index in [1.165, 1.54) is 51.4 Å². The summed E-state index contributed by atoms with van der Waals surface area (Å²) in [6.07, 6.45) is 0.1000. The zero-order chi connectivity index (χ0) is 57.8. The monoisotopic (exact) mass is 1120 g/mol. The van der Waals surface area contributed by atoms with Crippen molar-refractivity contribution in [2.24, 2.45) is 11.8 Å². The first-order valence-electron chi connectivity index (χ1n) is 28.1. The molecule has 0 aliphatic heterocycles. The van der Waals surface area contributed by atoms with Crippen molar-refractivity contribution < 1.29 is 26.3 Å². The van der Waals surface area contributed by atoms with E-state index < -0.39 is 23.5 Å². The maximum Gasteiger partial charge on any atom is 0.416 e. The van der Waals surface area contributed by atoms with Crippen molar-refractivity contribution in [3.63, 3.8) is 0 Å². The summed E-state index contributed by atoms with van der Waals surface area (Å²) in [6, 6.07) is 87.4. The molecule has 0 saturated carbocycles. The number of para-hydroxylation sites is 2. The fraction of sp³-hybridized carbons (Fsp3) is 0.0526. The van der Waals surface area contributed by atoms with E-state index in [0.717, 1.165) is 102 Å². The van der Waals surface area contributed by atoms with Crippen LogP contribution in [0, 0.1) is 11.8 Å². The van der Waals surface area contributed by atoms with Gasteiger partial charge in [0, 0.05) is 62.4 Å². The molecule has 0 N–H and O–H groups in total. The van der Waals surface area contributed by atoms with Crippen LogP contribution in [0.25, 0.3) is 60.9 Å². The topological polar surface area (TPSA) is 11.4 Å². The zero-order valence-electron chi connectivity index (χ0n) is 45.6. The summed E-state index contributed by atoms with van der Waals surface area (Å²) in [7, 11) is 0. The normalized spacial score (nSPS) is 14.8. The molecular weight excluding hydrogens is 1070 g/mol. The quantitative estimate of drug-likeness (QED) is 0.120. The minimum atomic E-state index is -4.46. The van der Waals surface area contributed by atoms with Crippen molar-refractivity contribution in [1.82, 2.24) is 4.57 Å². The fourth-order valence-electron chi connectivity index (χ4n) is 12.5. The summed E-state index contributed by atoms with van der Waals surface area (Å²) in [6.45, 7) is 0. The highest BCUT2D eigenvalue weighted by Gasteiger charge is 2.33. The summed E-state index contributed by atoms with van der Waals surface area (Å²) in [5.74, 6) is 0.292. The predicted molar refractivity (Wildman–Crippen MR) is 333 cm³/mol. The standard InChI is InChI=1S/C76H51F6N3/c77-75(78,79)56-32-42-62(43-33-56)83(58-16-6-2-7-17-58)60-36-24-50(25-37-60)54-30-46-71-69(48-54)70-49-55(51-26-38-61(39-27-51)84(59-18-8-3-9-19-59)63-44-34-57(35-45-63)76(80,81)82)31-47-72(70)85(71)64-40-28-53(29-41-64)74-67-22-12-10-20-65(67)73(52-14-4-1-5-15-52)66-21-11-13-23-68(66)74/h1-49,65,67H. The smallest absolute Gasteiger partial charge is 0.311 e. The maximum atomic E-state index is 13.7. The molecule has 1 aromatic heterocycles. The second-order valence-electron chi connectivity index (χ2n) is 21.4. The molecule has 2 unspecified atom stereocenters. The number of aromatic nitrogens is 1. The highest BCUT2D eigenvalue weighted by atomic mass is 19.4. The van der Waals surface area contributed by atoms with Gasteiger partial charge in [0.2, 0.25) is 0 Å². The molecule has 3 nitrogen and oxygen atoms in total. The van der Waals surface area contributed by atoms with E-state index in [0.29, 0.717) is 11.4 Å². The van der Waals surface area contributed by atoms with E-state index in [-0.39, 0.29) is 11.8 Å². The van der Waals surface area contributed by atoms with Crippen molar-refractivity contribution in [1.29, 1.82) is 0 Å². The Morgan fingerprint density at radius 2 is 0.612 bits per heavy atom. The number of halogens is 6. The molecule has 0 saturated heterocycles. The van der Waals surface area contributed by atoms with Gasteiger partial charge in [-0.25, -0.2) is 0 Å². The molecule has 0 radical (unpaired) electrons. The molecule has 12 aromatic rings. The number of anilines is 6. The molecule has 2 aliphatic rings. The zero-order valence-corrected chi connectivity index (χ0v) is 45.6. The van der Waals surface area contributed by atoms with E-state index >= 15 is 0 Å². The fourth-order valence-corrected chi connectivity index (χ4v) is 12.5. The molecule has 1 heterocycles. The predicted octanol–water partition coefficient (Wildman–Crippen LogP) is 19.9. The van der Waals surface area contributed by atoms with Crippen molar-refractivity contribution in [2.75, 3.05) is 9.80 Å². The van der Waals surface area contributed by atoms with Crippen molar-refractivity contribution >= 4 is 67.1 Å². The second kappa shape index (κ2) is 21.4. The summed E-state index contributed by atoms with van der Waals surface area (Å²) >= 11 is 0. The van der Waals surface area contributed by atoms with Crippen LogP contribution in [0.5, 0.6) is 0 Å². The lowest BCUT2D eigenvalue weighted by Crippen LogP contribution is -2.40. The Labute approximate surface area is 487 Å². The largest absolute Gasteiger partial charge is 0.416 e. The Morgan fingerprint density at radius 1 is 0.294 bits per heavy atom. The van der Waals surface area contributed by atoms with Gasteiger partial charge >= 0.3 is 12.4 Å². The van der Waals surface area contributed by atoms with E-state index in [4.69, 9.17) is 0 Å². The van der Waals surface area contributed by atoms with Crippen molar-refractivity contribution in [3.05, 3.63) is 330 Å². The van der Waals surface area contributed by atoms with Gasteiger partial charge in [-0.3, -0.25) is 0 Å². The van der Waals surface area contributed by atoms with Gasteiger partial charge in [0.05, 0.1) is 22.2 Å². The van der Waals surface area contributed by atoms with Gasteiger partial charge in [0.15, 0.2) is 0 Å². The molecule has 0 spiro atoms. The number of allylic oxidation sites excluding steroid dienone is 4. The number of hydrogen-bond acceptors (Lipinski definition) is 2. The van der Waals surface area contributed by atoms with Crippen LogP contribution in [0.4, 0.5) is 60.5 Å². The van der Waals surface area contributed by atoms with Crippen LogP contribution < -0.4 is 20.2 Å². The molecule has 2 aliphatic carbocycles. The van der Waals surface area contributed by atoms with Crippen LogP contribution in [-0.2, 0) is 12.4 Å². The number of fused-ring (bicyclic) bond motifs is 5. The first-order valence-corrected chi connectivity index (χ1v) is 28.1. The molecule has 14 rings (SSSR count). The van der Waals surface area contributed by atoms with Crippen LogP contribution in [0.2, 0.25) is 0 Å². The van der Waals surface area contributed by atoms with E-state index in [9.17, 15) is 26.3 Å². The third-order valence-electron chi connectivity index (χ3n) is 16.4. The number of benzene rings is 11. The summed E-state index contributed by atoms with van der Waals surface area (Å²) < 4.78 is 84.4. The lowest BCUT2D eigenvalue weighted by molar-refractivity contribution is -0.138. The Kier molecular flexibility index (Phi) is 13.3. The highest BCUT2D eigenvalue weighted by Crippen LogP contribution is 2.44. The Morgan fingerprint density at radius 3 is 1.00 bits per heavy atom. The Bertz CT molecular complexity index is 4430. The third-order valence-corrected chi connectivity index (χ3v) is 16.4. The number of hydrogen-bond donors (Lipinski definition) is 0. The highest BCUT2D eigenvalue weighted by molar-refractivity contribution is 6.12. The average molecular weight is 1120 g/mol. The lowest BCUT2D eigenvalue weighted by atomic mass is 9.70. The molecule has 0 bridgehead atoms. The number of nitrogens with zero attached hydrogens (tertiary/aromatic N) is 3. The molecule has 11 aromatic carbocycles. The average Bonchev–Trinajstić information content (AvgIpc) is 3.20. The first kappa shape index (κ1) is 52.7. The van der Waals surface area contributed by atoms with E-state index in [2.05, 4.69) is 144 Å². The van der Waals surface area contributed by atoms with Gasteiger partial charge in [-0.2, -0.15) is 26.3 Å². The number of alkyl halides is 6. The first-order chi connectivity index (χ1) is 41.4. The second-order valence-corrected chi connectivity index (χ2v) is 21.4. The van der Waals surface area contributed by atoms with E-state index in [1.54, 1.807) is 0 Å². The Hall–Kier alpha value is -10.4. The molecule has 412 valence electrons. The molecule has 0 fully saturated rings. The minimum Gasteiger partial charge on any atom is -0.311 e. The Balaban J connectivity index is 0.877. The van der Waals surface area contributed by atoms with Gasteiger partial charge in [0.25, 0.3) is 0 Å². The third kappa shape index (κ3) is 9.87. The molecule has 85 heavy (non-hydrogen) atoms. The van der Waals surface area contributed by atoms with Crippen molar-refractivity contribution in [2.45, 2.75) is 12.4 Å². The van der Waals surface area contributed by atoms with Gasteiger partial charge < -0.3 is 14.4 Å². The summed E-state index contributed by atoms with van der Waals surface area (Å²) in [4.78, 5) is 3.89. The summed E-state index contributed by atoms with van der Waals surface area (Å²) in [5, 5.41) is 4.54. The van der Waals surface area contributed by atoms with Gasteiger partial charge in [0.1, 0.15) is 0 Å². The SMILES string of the molecule is FC(F)(F)c1ccc(N(c2ccccc2)c2ccc(-c3ccc4c(c3)c3cc(-c5ccc(N(c6ccccc6)c6ccc(C(F)(F)F)cc6)cc5)ccc3n4-c3ccc(C4=c5ccccc5=C(c5ccccc5)C5C=CC=CC45)cc3)cc2)cc1. The van der Waals surface area contributed by atoms with Crippen LogP contribution in [-0.4, -0.2) is 4.57 Å². The van der Waals surface area contributed by atoms with Crippen LogP contribution in [0.15, 0.2) is 297 Å². The molecular formula is C76H51F6N3. The lowest BCUT2D eigenvalue weighted by Gasteiger charge is -2.33. The summed E-state index contributed by atoms with van der Waals surface area (Å²) in [5.41, 5.74) is 14.9. The van der Waals surface area contributed by atoms with Gasteiger partial charge in [-0.05, 0) is 188 Å². The molecule has 9 heteroatoms. The maximum absolute atomic E-state index is 13.7. The van der Waals surface area contributed by atoms with Crippen molar-refractivity contribution in [3.8, 4) is 27.9 Å². The molecule has 2 atom stereocenters.